The molecule has 2 aliphatic rings. The number of nitrogens with two attached hydrogens (primary N) is 1. The molecule has 1 saturated heterocycles. The molecule has 0 bridgehead atoms. The molecule has 2 N–H and O–H groups in total. The van der Waals surface area contributed by atoms with E-state index in [1.54, 1.807) is 0 Å². The summed E-state index contributed by atoms with van der Waals surface area (Å²) in [5, 5.41) is 0. The Morgan fingerprint density at radius 1 is 1.50 bits per heavy atom. The summed E-state index contributed by atoms with van der Waals surface area (Å²) in [4.78, 5) is 14.1. The molecule has 94 valence electrons. The summed E-state index contributed by atoms with van der Waals surface area (Å²) < 4.78 is 0. The van der Waals surface area contributed by atoms with E-state index in [4.69, 9.17) is 5.73 Å². The first-order valence-electron chi connectivity index (χ1n) is 5.96. The van der Waals surface area contributed by atoms with Crippen molar-refractivity contribution in [1.82, 2.24) is 4.90 Å². The third-order valence-corrected chi connectivity index (χ3v) is 4.09. The van der Waals surface area contributed by atoms with Gasteiger partial charge in [0.15, 0.2) is 0 Å². The molecule has 2 fully saturated rings. The van der Waals surface area contributed by atoms with Crippen LogP contribution in [0.3, 0.4) is 0 Å². The van der Waals surface area contributed by atoms with Crippen LogP contribution in [0.4, 0.5) is 0 Å². The smallest absolute Gasteiger partial charge is 0.226 e. The lowest BCUT2D eigenvalue weighted by Crippen LogP contribution is -2.34. The van der Waals surface area contributed by atoms with E-state index in [-0.39, 0.29) is 29.8 Å². The molecule has 1 amide bonds. The third kappa shape index (κ3) is 2.51. The zero-order valence-electron chi connectivity index (χ0n) is 10.4. The summed E-state index contributed by atoms with van der Waals surface area (Å²) in [6.45, 7) is 8.18. The number of rotatable bonds is 2. The van der Waals surface area contributed by atoms with Gasteiger partial charge in [-0.15, -0.1) is 12.4 Å². The van der Waals surface area contributed by atoms with Gasteiger partial charge < -0.3 is 10.6 Å². The summed E-state index contributed by atoms with van der Waals surface area (Å²) in [7, 11) is 0. The minimum atomic E-state index is 0. The monoisotopic (exact) mass is 246 g/mol. The van der Waals surface area contributed by atoms with Crippen molar-refractivity contribution < 1.29 is 4.79 Å². The maximum Gasteiger partial charge on any atom is 0.226 e. The van der Waals surface area contributed by atoms with Crippen LogP contribution in [0.2, 0.25) is 0 Å². The Morgan fingerprint density at radius 2 is 2.06 bits per heavy atom. The molecule has 16 heavy (non-hydrogen) atoms. The number of likely N-dealkylation sites (tertiary alicyclic amines) is 1. The number of hydrogen-bond acceptors (Lipinski definition) is 2. The van der Waals surface area contributed by atoms with Gasteiger partial charge in [-0.3, -0.25) is 4.79 Å². The first kappa shape index (κ1) is 13.8. The van der Waals surface area contributed by atoms with Crippen molar-refractivity contribution in [3.8, 4) is 0 Å². The van der Waals surface area contributed by atoms with Gasteiger partial charge in [0.25, 0.3) is 0 Å². The van der Waals surface area contributed by atoms with Gasteiger partial charge in [0.2, 0.25) is 5.91 Å². The predicted molar refractivity (Wildman–Crippen MR) is 67.5 cm³/mol. The first-order chi connectivity index (χ1) is 6.92. The van der Waals surface area contributed by atoms with Crippen LogP contribution >= 0.6 is 12.4 Å². The second kappa shape index (κ2) is 4.53. The molecular weight excluding hydrogens is 224 g/mol. The lowest BCUT2D eigenvalue weighted by molar-refractivity contribution is -0.132. The van der Waals surface area contributed by atoms with E-state index in [9.17, 15) is 4.79 Å². The van der Waals surface area contributed by atoms with E-state index in [2.05, 4.69) is 13.8 Å². The van der Waals surface area contributed by atoms with Gasteiger partial charge in [-0.2, -0.15) is 0 Å². The van der Waals surface area contributed by atoms with Crippen LogP contribution in [0.15, 0.2) is 0 Å². The van der Waals surface area contributed by atoms with E-state index < -0.39 is 0 Å². The zero-order valence-corrected chi connectivity index (χ0v) is 11.2. The van der Waals surface area contributed by atoms with E-state index in [0.29, 0.717) is 11.8 Å². The number of nitrogens with zero attached hydrogens (tertiary/aromatic N) is 1. The van der Waals surface area contributed by atoms with Gasteiger partial charge in [-0.1, -0.05) is 13.8 Å². The van der Waals surface area contributed by atoms with E-state index >= 15 is 0 Å². The Morgan fingerprint density at radius 3 is 2.44 bits per heavy atom. The highest BCUT2D eigenvalue weighted by atomic mass is 35.5. The number of carbonyl (C=O) groups excluding carboxylic acids is 1. The van der Waals surface area contributed by atoms with Crippen LogP contribution in [-0.2, 0) is 4.79 Å². The van der Waals surface area contributed by atoms with Gasteiger partial charge in [0.1, 0.15) is 0 Å². The largest absolute Gasteiger partial charge is 0.342 e. The van der Waals surface area contributed by atoms with Crippen molar-refractivity contribution in [2.75, 3.05) is 13.1 Å². The Hall–Kier alpha value is -0.280. The molecule has 0 radical (unpaired) electrons. The average molecular weight is 247 g/mol. The highest BCUT2D eigenvalue weighted by molar-refractivity contribution is 5.85. The van der Waals surface area contributed by atoms with Crippen LogP contribution in [0.25, 0.3) is 0 Å². The summed E-state index contributed by atoms with van der Waals surface area (Å²) >= 11 is 0. The molecule has 3 atom stereocenters. The van der Waals surface area contributed by atoms with E-state index in [1.165, 1.54) is 0 Å². The maximum absolute atomic E-state index is 12.1. The second-order valence-corrected chi connectivity index (χ2v) is 5.94. The molecule has 2 rings (SSSR count). The van der Waals surface area contributed by atoms with Crippen molar-refractivity contribution in [3.63, 3.8) is 0 Å². The molecule has 0 aromatic heterocycles. The van der Waals surface area contributed by atoms with Crippen LogP contribution < -0.4 is 5.73 Å². The molecule has 4 heteroatoms. The Bertz CT molecular complexity index is 278. The fraction of sp³-hybridized carbons (Fsp3) is 0.917. The lowest BCUT2D eigenvalue weighted by atomic mass is 10.0. The fourth-order valence-corrected chi connectivity index (χ4v) is 2.53. The molecule has 0 spiro atoms. The second-order valence-electron chi connectivity index (χ2n) is 5.94. The van der Waals surface area contributed by atoms with Gasteiger partial charge in [-0.25, -0.2) is 0 Å². The molecule has 1 aliphatic heterocycles. The number of halogens is 1. The van der Waals surface area contributed by atoms with Gasteiger partial charge in [-0.05, 0) is 31.1 Å². The minimum Gasteiger partial charge on any atom is -0.342 e. The summed E-state index contributed by atoms with van der Waals surface area (Å²) in [6, 6.07) is 0.218. The standard InChI is InChI=1S/C12H22N2O.ClH/c1-8(13)9-4-5-14(7-9)11(15)10-6-12(10,2)3;/h8-10H,4-7,13H2,1-3H3;1H. The van der Waals surface area contributed by atoms with Crippen molar-refractivity contribution >= 4 is 18.3 Å². The van der Waals surface area contributed by atoms with Crippen LogP contribution in [0.1, 0.15) is 33.6 Å². The molecular formula is C12H23ClN2O. The molecule has 1 aliphatic carbocycles. The van der Waals surface area contributed by atoms with Crippen LogP contribution in [0, 0.1) is 17.3 Å². The Kier molecular flexibility index (Phi) is 3.91. The van der Waals surface area contributed by atoms with Crippen LogP contribution in [-0.4, -0.2) is 29.9 Å². The maximum atomic E-state index is 12.1. The quantitative estimate of drug-likeness (QED) is 0.806. The zero-order chi connectivity index (χ0) is 11.2. The summed E-state index contributed by atoms with van der Waals surface area (Å²) in [6.07, 6.45) is 2.14. The molecule has 1 heterocycles. The normalized spacial score (nSPS) is 33.1. The van der Waals surface area contributed by atoms with E-state index in [0.717, 1.165) is 25.9 Å². The SMILES string of the molecule is CC(N)C1CCN(C(=O)C2CC2(C)C)C1.Cl. The number of amides is 1. The van der Waals surface area contributed by atoms with Gasteiger partial charge >= 0.3 is 0 Å². The average Bonchev–Trinajstić information content (AvgIpc) is 2.65. The predicted octanol–water partition coefficient (Wildman–Crippen LogP) is 1.65. The number of hydrogen-bond donors (Lipinski definition) is 1. The van der Waals surface area contributed by atoms with Crippen molar-refractivity contribution in [3.05, 3.63) is 0 Å². The van der Waals surface area contributed by atoms with Crippen molar-refractivity contribution in [2.45, 2.75) is 39.7 Å². The Balaban J connectivity index is 0.00000128. The minimum absolute atomic E-state index is 0. The summed E-state index contributed by atoms with van der Waals surface area (Å²) in [5.74, 6) is 1.16. The van der Waals surface area contributed by atoms with Gasteiger partial charge in [0.05, 0.1) is 0 Å². The highest BCUT2D eigenvalue weighted by Crippen LogP contribution is 2.52. The van der Waals surface area contributed by atoms with Crippen LogP contribution in [0.5, 0.6) is 0 Å². The molecule has 3 nitrogen and oxygen atoms in total. The molecule has 1 saturated carbocycles. The first-order valence-corrected chi connectivity index (χ1v) is 5.96. The molecule has 3 unspecified atom stereocenters. The Labute approximate surface area is 104 Å². The van der Waals surface area contributed by atoms with Gasteiger partial charge in [0, 0.05) is 25.0 Å². The fourth-order valence-electron chi connectivity index (χ4n) is 2.53. The summed E-state index contributed by atoms with van der Waals surface area (Å²) in [5.41, 5.74) is 6.12. The van der Waals surface area contributed by atoms with Crippen molar-refractivity contribution in [2.24, 2.45) is 23.0 Å². The van der Waals surface area contributed by atoms with E-state index in [1.807, 2.05) is 11.8 Å². The molecule has 0 aromatic carbocycles. The number of carbonyl (C=O) groups is 1. The topological polar surface area (TPSA) is 46.3 Å². The lowest BCUT2D eigenvalue weighted by Gasteiger charge is -2.18. The van der Waals surface area contributed by atoms with Crippen molar-refractivity contribution in [1.29, 1.82) is 0 Å². The highest BCUT2D eigenvalue weighted by Gasteiger charge is 2.52. The third-order valence-electron chi connectivity index (χ3n) is 4.09. The molecule has 0 aromatic rings.